The van der Waals surface area contributed by atoms with Gasteiger partial charge in [0.1, 0.15) is 0 Å². The molecule has 23 heavy (non-hydrogen) atoms. The number of carboxylic acid groups (broad SMARTS) is 1. The maximum Gasteiger partial charge on any atom is 0.317 e. The normalized spacial score (nSPS) is 22.4. The largest absolute Gasteiger partial charge is 0.481 e. The predicted molar refractivity (Wildman–Crippen MR) is 89.2 cm³/mol. The highest BCUT2D eigenvalue weighted by Gasteiger charge is 2.32. The van der Waals surface area contributed by atoms with Gasteiger partial charge in [0, 0.05) is 19.1 Å². The summed E-state index contributed by atoms with van der Waals surface area (Å²) in [6.07, 6.45) is 2.27. The summed E-state index contributed by atoms with van der Waals surface area (Å²) in [5.41, 5.74) is 1.19. The minimum Gasteiger partial charge on any atom is -0.481 e. The van der Waals surface area contributed by atoms with E-state index in [2.05, 4.69) is 17.4 Å². The third kappa shape index (κ3) is 4.98. The van der Waals surface area contributed by atoms with Crippen LogP contribution in [0.1, 0.15) is 32.3 Å². The fourth-order valence-corrected chi connectivity index (χ4v) is 3.16. The quantitative estimate of drug-likeness (QED) is 0.877. The zero-order valence-corrected chi connectivity index (χ0v) is 13.9. The second-order valence-corrected chi connectivity index (χ2v) is 6.53. The molecule has 3 unspecified atom stereocenters. The minimum absolute atomic E-state index is 0.0606. The molecule has 2 N–H and O–H groups in total. The predicted octanol–water partition coefficient (Wildman–Crippen LogP) is 2.76. The highest BCUT2D eigenvalue weighted by atomic mass is 16.4. The zero-order chi connectivity index (χ0) is 16.8. The van der Waals surface area contributed by atoms with Gasteiger partial charge in [0.25, 0.3) is 0 Å². The smallest absolute Gasteiger partial charge is 0.317 e. The van der Waals surface area contributed by atoms with E-state index in [9.17, 15) is 14.7 Å². The number of aliphatic carboxylic acids is 1. The molecule has 1 heterocycles. The van der Waals surface area contributed by atoms with Gasteiger partial charge in [-0.2, -0.15) is 0 Å². The molecule has 1 aliphatic rings. The van der Waals surface area contributed by atoms with Gasteiger partial charge in [-0.1, -0.05) is 44.2 Å². The standard InChI is InChI=1S/C18H26N2O3/c1-3-16(10-14-7-5-4-6-8-14)19-18(23)20-11-13(2)9-15(12-20)17(21)22/h4-8,13,15-16H,3,9-12H2,1-2H3,(H,19,23)(H,21,22). The summed E-state index contributed by atoms with van der Waals surface area (Å²) < 4.78 is 0. The number of rotatable bonds is 5. The fraction of sp³-hybridized carbons (Fsp3) is 0.556. The van der Waals surface area contributed by atoms with Crippen molar-refractivity contribution in [3.63, 3.8) is 0 Å². The number of hydrogen-bond acceptors (Lipinski definition) is 2. The number of piperidine rings is 1. The molecule has 2 rings (SSSR count). The van der Waals surface area contributed by atoms with Crippen molar-refractivity contribution in [3.05, 3.63) is 35.9 Å². The first-order chi connectivity index (χ1) is 11.0. The number of hydrogen-bond donors (Lipinski definition) is 2. The summed E-state index contributed by atoms with van der Waals surface area (Å²) in [6, 6.07) is 9.98. The van der Waals surface area contributed by atoms with Gasteiger partial charge in [0.15, 0.2) is 0 Å². The number of nitrogens with zero attached hydrogens (tertiary/aromatic N) is 1. The van der Waals surface area contributed by atoms with Crippen LogP contribution >= 0.6 is 0 Å². The molecule has 1 aliphatic heterocycles. The molecule has 0 aromatic heterocycles. The first kappa shape index (κ1) is 17.3. The molecule has 1 fully saturated rings. The molecule has 1 aromatic carbocycles. The van der Waals surface area contributed by atoms with Gasteiger partial charge in [0.2, 0.25) is 0 Å². The summed E-state index contributed by atoms with van der Waals surface area (Å²) >= 11 is 0. The van der Waals surface area contributed by atoms with Gasteiger partial charge < -0.3 is 15.3 Å². The van der Waals surface area contributed by atoms with E-state index >= 15 is 0 Å². The summed E-state index contributed by atoms with van der Waals surface area (Å²) in [5.74, 6) is -1.06. The van der Waals surface area contributed by atoms with E-state index in [-0.39, 0.29) is 18.0 Å². The van der Waals surface area contributed by atoms with Crippen molar-refractivity contribution in [2.75, 3.05) is 13.1 Å². The molecule has 5 heteroatoms. The summed E-state index contributed by atoms with van der Waals surface area (Å²) in [6.45, 7) is 4.97. The summed E-state index contributed by atoms with van der Waals surface area (Å²) in [5, 5.41) is 12.3. The number of likely N-dealkylation sites (tertiary alicyclic amines) is 1. The number of carbonyl (C=O) groups is 2. The molecule has 126 valence electrons. The first-order valence-electron chi connectivity index (χ1n) is 8.31. The van der Waals surface area contributed by atoms with Crippen molar-refractivity contribution in [1.82, 2.24) is 10.2 Å². The number of amides is 2. The summed E-state index contributed by atoms with van der Waals surface area (Å²) in [4.78, 5) is 25.4. The van der Waals surface area contributed by atoms with Gasteiger partial charge in [-0.25, -0.2) is 4.79 Å². The van der Waals surface area contributed by atoms with Gasteiger partial charge in [-0.15, -0.1) is 0 Å². The van der Waals surface area contributed by atoms with Gasteiger partial charge in [-0.3, -0.25) is 4.79 Å². The molecular formula is C18H26N2O3. The van der Waals surface area contributed by atoms with Crippen LogP contribution in [0, 0.1) is 11.8 Å². The van der Waals surface area contributed by atoms with Crippen LogP contribution < -0.4 is 5.32 Å². The molecule has 2 amide bonds. The van der Waals surface area contributed by atoms with Crippen molar-refractivity contribution < 1.29 is 14.7 Å². The van der Waals surface area contributed by atoms with Crippen LogP contribution in [0.3, 0.4) is 0 Å². The highest BCUT2D eigenvalue weighted by molar-refractivity contribution is 5.76. The minimum atomic E-state index is -0.814. The Balaban J connectivity index is 1.94. The maximum atomic E-state index is 12.5. The molecule has 5 nitrogen and oxygen atoms in total. The highest BCUT2D eigenvalue weighted by Crippen LogP contribution is 2.22. The lowest BCUT2D eigenvalue weighted by Gasteiger charge is -2.35. The monoisotopic (exact) mass is 318 g/mol. The lowest BCUT2D eigenvalue weighted by molar-refractivity contribution is -0.143. The Bertz CT molecular complexity index is 532. The lowest BCUT2D eigenvalue weighted by atomic mass is 9.91. The maximum absolute atomic E-state index is 12.5. The van der Waals surface area contributed by atoms with Gasteiger partial charge in [-0.05, 0) is 30.7 Å². The molecule has 1 aromatic rings. The third-order valence-corrected chi connectivity index (χ3v) is 4.44. The van der Waals surface area contributed by atoms with Crippen LogP contribution in [0.4, 0.5) is 4.79 Å². The molecular weight excluding hydrogens is 292 g/mol. The van der Waals surface area contributed by atoms with Crippen LogP contribution in [-0.4, -0.2) is 41.1 Å². The number of urea groups is 1. The first-order valence-corrected chi connectivity index (χ1v) is 8.31. The number of carbonyl (C=O) groups excluding carboxylic acids is 1. The Morgan fingerprint density at radius 3 is 2.61 bits per heavy atom. The Morgan fingerprint density at radius 1 is 1.30 bits per heavy atom. The van der Waals surface area contributed by atoms with E-state index in [4.69, 9.17) is 0 Å². The Hall–Kier alpha value is -2.04. The molecule has 0 bridgehead atoms. The van der Waals surface area contributed by atoms with Crippen LogP contribution in [-0.2, 0) is 11.2 Å². The number of nitrogens with one attached hydrogen (secondary N) is 1. The molecule has 0 saturated carbocycles. The Kier molecular flexibility index (Phi) is 6.02. The van der Waals surface area contributed by atoms with E-state index in [1.807, 2.05) is 32.0 Å². The zero-order valence-electron chi connectivity index (χ0n) is 13.9. The topological polar surface area (TPSA) is 69.6 Å². The molecule has 0 spiro atoms. The number of benzene rings is 1. The Labute approximate surface area is 137 Å². The lowest BCUT2D eigenvalue weighted by Crippen LogP contribution is -2.52. The third-order valence-electron chi connectivity index (χ3n) is 4.44. The van der Waals surface area contributed by atoms with Crippen LogP contribution in [0.25, 0.3) is 0 Å². The Morgan fingerprint density at radius 2 is 2.00 bits per heavy atom. The van der Waals surface area contributed by atoms with Gasteiger partial charge in [0.05, 0.1) is 5.92 Å². The average molecular weight is 318 g/mol. The van der Waals surface area contributed by atoms with Gasteiger partial charge >= 0.3 is 12.0 Å². The molecule has 0 aliphatic carbocycles. The fourth-order valence-electron chi connectivity index (χ4n) is 3.16. The van der Waals surface area contributed by atoms with Crippen molar-refractivity contribution in [3.8, 4) is 0 Å². The summed E-state index contributed by atoms with van der Waals surface area (Å²) in [7, 11) is 0. The van der Waals surface area contributed by atoms with Crippen LogP contribution in [0.2, 0.25) is 0 Å². The van der Waals surface area contributed by atoms with Crippen molar-refractivity contribution in [2.45, 2.75) is 39.2 Å². The van der Waals surface area contributed by atoms with Crippen molar-refractivity contribution in [2.24, 2.45) is 11.8 Å². The van der Waals surface area contributed by atoms with Crippen molar-refractivity contribution in [1.29, 1.82) is 0 Å². The van der Waals surface area contributed by atoms with E-state index < -0.39 is 11.9 Å². The van der Waals surface area contributed by atoms with Crippen LogP contribution in [0.5, 0.6) is 0 Å². The average Bonchev–Trinajstić information content (AvgIpc) is 2.54. The molecule has 1 saturated heterocycles. The SMILES string of the molecule is CCC(Cc1ccccc1)NC(=O)N1CC(C)CC(C(=O)O)C1. The number of carboxylic acids is 1. The van der Waals surface area contributed by atoms with Crippen molar-refractivity contribution >= 4 is 12.0 Å². The van der Waals surface area contributed by atoms with E-state index in [0.717, 1.165) is 12.8 Å². The van der Waals surface area contributed by atoms with E-state index in [0.29, 0.717) is 19.5 Å². The molecule has 3 atom stereocenters. The van der Waals surface area contributed by atoms with Crippen LogP contribution in [0.15, 0.2) is 30.3 Å². The second-order valence-electron chi connectivity index (χ2n) is 6.53. The second kappa shape index (κ2) is 7.99. The van der Waals surface area contributed by atoms with E-state index in [1.54, 1.807) is 4.90 Å². The van der Waals surface area contributed by atoms with E-state index in [1.165, 1.54) is 5.56 Å². The molecule has 0 radical (unpaired) electrons.